The molecule has 2 aromatic carbocycles. The van der Waals surface area contributed by atoms with Gasteiger partial charge in [0.15, 0.2) is 4.32 Å². The summed E-state index contributed by atoms with van der Waals surface area (Å²) in [5.74, 6) is -0.280. The second-order valence-electron chi connectivity index (χ2n) is 4.92. The SMILES string of the molecule is O=C1/C(=C\c2ccc(Br)cc2)SC(=S)N1/N=C/c1c(Cl)cccc1Cl. The maximum atomic E-state index is 12.5. The van der Waals surface area contributed by atoms with E-state index in [0.29, 0.717) is 24.8 Å². The number of benzene rings is 2. The molecule has 25 heavy (non-hydrogen) atoms. The minimum absolute atomic E-state index is 0.280. The molecule has 0 unspecified atom stereocenters. The second kappa shape index (κ2) is 8.01. The third-order valence-corrected chi connectivity index (χ3v) is 5.71. The molecule has 0 saturated carbocycles. The fraction of sp³-hybridized carbons (Fsp3) is 0. The van der Waals surface area contributed by atoms with Crippen molar-refractivity contribution in [3.63, 3.8) is 0 Å². The Morgan fingerprint density at radius 3 is 2.40 bits per heavy atom. The lowest BCUT2D eigenvalue weighted by atomic mass is 10.2. The highest BCUT2D eigenvalue weighted by molar-refractivity contribution is 9.10. The van der Waals surface area contributed by atoms with E-state index in [1.54, 1.807) is 24.3 Å². The average Bonchev–Trinajstić information content (AvgIpc) is 2.83. The van der Waals surface area contributed by atoms with Crippen molar-refractivity contribution in [2.24, 2.45) is 5.10 Å². The van der Waals surface area contributed by atoms with Crippen molar-refractivity contribution in [1.82, 2.24) is 5.01 Å². The van der Waals surface area contributed by atoms with Gasteiger partial charge < -0.3 is 0 Å². The largest absolute Gasteiger partial charge is 0.286 e. The molecule has 8 heteroatoms. The minimum Gasteiger partial charge on any atom is -0.266 e. The highest BCUT2D eigenvalue weighted by Crippen LogP contribution is 2.33. The Morgan fingerprint density at radius 1 is 1.12 bits per heavy atom. The van der Waals surface area contributed by atoms with E-state index in [9.17, 15) is 4.79 Å². The Balaban J connectivity index is 1.84. The zero-order chi connectivity index (χ0) is 18.0. The molecule has 1 aliphatic rings. The average molecular weight is 472 g/mol. The molecular weight excluding hydrogens is 463 g/mol. The number of rotatable bonds is 3. The van der Waals surface area contributed by atoms with Crippen molar-refractivity contribution >= 4 is 85.6 Å². The van der Waals surface area contributed by atoms with Crippen molar-refractivity contribution in [1.29, 1.82) is 0 Å². The Kier molecular flexibility index (Phi) is 5.96. The van der Waals surface area contributed by atoms with Crippen LogP contribution in [0.1, 0.15) is 11.1 Å². The molecule has 1 amide bonds. The van der Waals surface area contributed by atoms with Crippen LogP contribution in [0.25, 0.3) is 6.08 Å². The maximum absolute atomic E-state index is 12.5. The lowest BCUT2D eigenvalue weighted by Crippen LogP contribution is -2.22. The van der Waals surface area contributed by atoms with Crippen molar-refractivity contribution in [3.8, 4) is 0 Å². The predicted molar refractivity (Wildman–Crippen MR) is 113 cm³/mol. The molecule has 1 saturated heterocycles. The van der Waals surface area contributed by atoms with Gasteiger partial charge in [-0.25, -0.2) is 0 Å². The monoisotopic (exact) mass is 470 g/mol. The standard InChI is InChI=1S/C17H9BrCl2N2OS2/c18-11-6-4-10(5-7-11)8-15-16(23)22(17(24)25-15)21-9-12-13(19)2-1-3-14(12)20/h1-9H/b15-8+,21-9+. The molecule has 0 aromatic heterocycles. The van der Waals surface area contributed by atoms with Crippen LogP contribution in [0.2, 0.25) is 10.0 Å². The van der Waals surface area contributed by atoms with Crippen LogP contribution in [-0.2, 0) is 4.79 Å². The lowest BCUT2D eigenvalue weighted by Gasteiger charge is -2.07. The van der Waals surface area contributed by atoms with E-state index in [0.717, 1.165) is 10.0 Å². The molecular formula is C17H9BrCl2N2OS2. The smallest absolute Gasteiger partial charge is 0.266 e. The van der Waals surface area contributed by atoms with Crippen LogP contribution in [0.5, 0.6) is 0 Å². The molecule has 1 heterocycles. The summed E-state index contributed by atoms with van der Waals surface area (Å²) in [5, 5.41) is 6.24. The van der Waals surface area contributed by atoms with Gasteiger partial charge in [-0.05, 0) is 48.1 Å². The zero-order valence-corrected chi connectivity index (χ0v) is 17.2. The number of thiocarbonyl (C=S) groups is 1. The second-order valence-corrected chi connectivity index (χ2v) is 8.33. The van der Waals surface area contributed by atoms with Gasteiger partial charge in [-0.1, -0.05) is 69.1 Å². The van der Waals surface area contributed by atoms with Gasteiger partial charge in [0.05, 0.1) is 21.2 Å². The van der Waals surface area contributed by atoms with Crippen LogP contribution in [0.3, 0.4) is 0 Å². The molecule has 2 aromatic rings. The fourth-order valence-electron chi connectivity index (χ4n) is 2.02. The molecule has 0 radical (unpaired) electrons. The van der Waals surface area contributed by atoms with Gasteiger partial charge in [-0.15, -0.1) is 0 Å². The van der Waals surface area contributed by atoms with Crippen molar-refractivity contribution < 1.29 is 4.79 Å². The van der Waals surface area contributed by atoms with Gasteiger partial charge in [0.1, 0.15) is 0 Å². The van der Waals surface area contributed by atoms with Crippen LogP contribution in [0.15, 0.2) is 56.9 Å². The maximum Gasteiger partial charge on any atom is 0.286 e. The van der Waals surface area contributed by atoms with Crippen LogP contribution in [-0.4, -0.2) is 21.5 Å². The van der Waals surface area contributed by atoms with E-state index in [2.05, 4.69) is 21.0 Å². The zero-order valence-electron chi connectivity index (χ0n) is 12.4. The summed E-state index contributed by atoms with van der Waals surface area (Å²) in [5.41, 5.74) is 1.44. The third-order valence-electron chi connectivity index (χ3n) is 3.24. The third kappa shape index (κ3) is 4.33. The first kappa shape index (κ1) is 18.6. The first-order chi connectivity index (χ1) is 12.0. The Morgan fingerprint density at radius 2 is 1.76 bits per heavy atom. The fourth-order valence-corrected chi connectivity index (χ4v) is 3.95. The van der Waals surface area contributed by atoms with E-state index >= 15 is 0 Å². The van der Waals surface area contributed by atoms with Crippen LogP contribution in [0, 0.1) is 0 Å². The summed E-state index contributed by atoms with van der Waals surface area (Å²) in [6.07, 6.45) is 3.22. The highest BCUT2D eigenvalue weighted by atomic mass is 79.9. The molecule has 3 nitrogen and oxygen atoms in total. The number of halogens is 3. The first-order valence-electron chi connectivity index (χ1n) is 6.97. The minimum atomic E-state index is -0.280. The topological polar surface area (TPSA) is 32.7 Å². The van der Waals surface area contributed by atoms with Gasteiger partial charge in [0, 0.05) is 10.0 Å². The number of thioether (sulfide) groups is 1. The number of hydrogen-bond acceptors (Lipinski definition) is 4. The summed E-state index contributed by atoms with van der Waals surface area (Å²) in [6, 6.07) is 12.8. The van der Waals surface area contributed by atoms with Crippen LogP contribution >= 0.6 is 63.1 Å². The summed E-state index contributed by atoms with van der Waals surface area (Å²) >= 11 is 22.0. The van der Waals surface area contributed by atoms with E-state index in [4.69, 9.17) is 35.4 Å². The van der Waals surface area contributed by atoms with Crippen molar-refractivity contribution in [2.45, 2.75) is 0 Å². The number of hydrazone groups is 1. The normalized spacial score (nSPS) is 16.4. The number of carbonyl (C=O) groups is 1. The number of amides is 1. The summed E-state index contributed by atoms with van der Waals surface area (Å²) in [7, 11) is 0. The number of nitrogens with zero attached hydrogens (tertiary/aromatic N) is 2. The van der Waals surface area contributed by atoms with Crippen molar-refractivity contribution in [2.75, 3.05) is 0 Å². The van der Waals surface area contributed by atoms with Crippen LogP contribution in [0.4, 0.5) is 0 Å². The molecule has 1 aliphatic heterocycles. The number of hydrogen-bond donors (Lipinski definition) is 0. The molecule has 0 aliphatic carbocycles. The molecule has 126 valence electrons. The molecule has 0 bridgehead atoms. The first-order valence-corrected chi connectivity index (χ1v) is 9.74. The molecule has 0 spiro atoms. The highest BCUT2D eigenvalue weighted by Gasteiger charge is 2.32. The van der Waals surface area contributed by atoms with Crippen LogP contribution < -0.4 is 0 Å². The van der Waals surface area contributed by atoms with Gasteiger partial charge in [0.2, 0.25) is 0 Å². The van der Waals surface area contributed by atoms with E-state index in [1.807, 2.05) is 24.3 Å². The Hall–Kier alpha value is -1.18. The quantitative estimate of drug-likeness (QED) is 0.313. The van der Waals surface area contributed by atoms with E-state index in [1.165, 1.54) is 23.0 Å². The summed E-state index contributed by atoms with van der Waals surface area (Å²) in [6.45, 7) is 0. The number of carbonyl (C=O) groups excluding carboxylic acids is 1. The Labute approximate surface area is 172 Å². The van der Waals surface area contributed by atoms with Gasteiger partial charge in [0.25, 0.3) is 5.91 Å². The van der Waals surface area contributed by atoms with Gasteiger partial charge in [-0.2, -0.15) is 10.1 Å². The van der Waals surface area contributed by atoms with E-state index < -0.39 is 0 Å². The summed E-state index contributed by atoms with van der Waals surface area (Å²) < 4.78 is 1.33. The molecule has 0 N–H and O–H groups in total. The predicted octanol–water partition coefficient (Wildman–Crippen LogP) is 5.99. The lowest BCUT2D eigenvalue weighted by molar-refractivity contribution is -0.122. The van der Waals surface area contributed by atoms with E-state index in [-0.39, 0.29) is 5.91 Å². The van der Waals surface area contributed by atoms with Crippen molar-refractivity contribution in [3.05, 3.63) is 73.0 Å². The summed E-state index contributed by atoms with van der Waals surface area (Å²) in [4.78, 5) is 13.0. The van der Waals surface area contributed by atoms with Gasteiger partial charge in [-0.3, -0.25) is 4.79 Å². The molecule has 0 atom stereocenters. The van der Waals surface area contributed by atoms with Gasteiger partial charge >= 0.3 is 0 Å². The molecule has 3 rings (SSSR count). The molecule has 1 fully saturated rings. The Bertz CT molecular complexity index is 893.